The van der Waals surface area contributed by atoms with Crippen LogP contribution in [0, 0.1) is 0 Å². The Morgan fingerprint density at radius 2 is 1.68 bits per heavy atom. The van der Waals surface area contributed by atoms with Crippen LogP contribution in [0.5, 0.6) is 5.75 Å². The van der Waals surface area contributed by atoms with Crippen LogP contribution in [-0.2, 0) is 13.1 Å². The van der Waals surface area contributed by atoms with Gasteiger partial charge in [-0.05, 0) is 46.2 Å². The Bertz CT molecular complexity index is 1740. The second kappa shape index (κ2) is 10.0. The minimum absolute atomic E-state index is 0.0719. The van der Waals surface area contributed by atoms with Crippen molar-refractivity contribution in [1.29, 1.82) is 0 Å². The SMILES string of the molecule is [B]c1cnn2c(NCc3ccc(CNC(=O)c4cc5ccccc5s4)cc3)cc(-c3ccccc3O)nc12. The summed E-state index contributed by atoms with van der Waals surface area (Å²) in [5.41, 5.74) is 4.23. The second-order valence-electron chi connectivity index (χ2n) is 8.88. The van der Waals surface area contributed by atoms with Crippen molar-refractivity contribution < 1.29 is 9.90 Å². The van der Waals surface area contributed by atoms with Crippen LogP contribution in [0.4, 0.5) is 5.82 Å². The lowest BCUT2D eigenvalue weighted by atomic mass is 10.0. The van der Waals surface area contributed by atoms with Crippen LogP contribution >= 0.6 is 11.3 Å². The molecular weight excluding hydrogens is 493 g/mol. The second-order valence-corrected chi connectivity index (χ2v) is 9.96. The number of carbonyl (C=O) groups excluding carboxylic acids is 1. The average molecular weight is 515 g/mol. The number of nitrogens with one attached hydrogen (secondary N) is 2. The number of nitrogens with zero attached hydrogens (tertiary/aromatic N) is 3. The number of para-hydroxylation sites is 1. The summed E-state index contributed by atoms with van der Waals surface area (Å²) in [7, 11) is 6.10. The molecule has 1 amide bonds. The summed E-state index contributed by atoms with van der Waals surface area (Å²) >= 11 is 1.50. The summed E-state index contributed by atoms with van der Waals surface area (Å²) in [6, 6.07) is 26.9. The van der Waals surface area contributed by atoms with Gasteiger partial charge in [-0.3, -0.25) is 4.79 Å². The Balaban J connectivity index is 1.14. The zero-order valence-electron chi connectivity index (χ0n) is 20.3. The number of aromatic hydroxyl groups is 1. The molecule has 0 aliphatic rings. The average Bonchev–Trinajstić information content (AvgIpc) is 3.55. The molecule has 184 valence electrons. The highest BCUT2D eigenvalue weighted by Crippen LogP contribution is 2.29. The number of thiophene rings is 1. The number of anilines is 1. The normalized spacial score (nSPS) is 11.2. The van der Waals surface area contributed by atoms with Gasteiger partial charge >= 0.3 is 0 Å². The molecule has 0 unspecified atom stereocenters. The summed E-state index contributed by atoms with van der Waals surface area (Å²) in [5.74, 6) is 0.769. The van der Waals surface area contributed by atoms with Crippen molar-refractivity contribution in [3.05, 3.63) is 107 Å². The molecule has 0 atom stereocenters. The molecule has 0 fully saturated rings. The first-order valence-corrected chi connectivity index (χ1v) is 12.9. The zero-order valence-corrected chi connectivity index (χ0v) is 21.1. The fourth-order valence-corrected chi connectivity index (χ4v) is 5.24. The standard InChI is InChI=1S/C29H22BN5O2S/c30-22-17-33-35-27(14-23(34-28(22)35)21-6-2-3-7-24(21)36)31-15-18-9-11-19(12-10-18)16-32-29(37)26-13-20-5-1-4-8-25(20)38-26/h1-14,17,31,36H,15-16H2,(H,32,37). The van der Waals surface area contributed by atoms with E-state index in [1.807, 2.05) is 72.8 Å². The zero-order chi connectivity index (χ0) is 26.1. The molecule has 0 aliphatic heterocycles. The summed E-state index contributed by atoms with van der Waals surface area (Å²) in [4.78, 5) is 17.9. The van der Waals surface area contributed by atoms with Gasteiger partial charge in [0, 0.05) is 35.6 Å². The van der Waals surface area contributed by atoms with E-state index in [1.165, 1.54) is 11.3 Å². The smallest absolute Gasteiger partial charge is 0.261 e. The molecule has 0 spiro atoms. The third-order valence-corrected chi connectivity index (χ3v) is 7.39. The van der Waals surface area contributed by atoms with Crippen LogP contribution in [0.1, 0.15) is 20.8 Å². The first-order valence-electron chi connectivity index (χ1n) is 12.1. The maximum Gasteiger partial charge on any atom is 0.261 e. The highest BCUT2D eigenvalue weighted by molar-refractivity contribution is 7.20. The minimum atomic E-state index is -0.0719. The molecule has 7 nitrogen and oxygen atoms in total. The number of benzene rings is 3. The Morgan fingerprint density at radius 3 is 2.47 bits per heavy atom. The topological polar surface area (TPSA) is 91.5 Å². The third-order valence-electron chi connectivity index (χ3n) is 6.28. The molecule has 38 heavy (non-hydrogen) atoms. The molecule has 6 aromatic rings. The van der Waals surface area contributed by atoms with Gasteiger partial charge in [0.1, 0.15) is 19.4 Å². The van der Waals surface area contributed by atoms with E-state index in [-0.39, 0.29) is 11.7 Å². The van der Waals surface area contributed by atoms with Crippen molar-refractivity contribution in [2.24, 2.45) is 0 Å². The van der Waals surface area contributed by atoms with Crippen molar-refractivity contribution in [3.8, 4) is 17.0 Å². The molecule has 3 aromatic heterocycles. The van der Waals surface area contributed by atoms with E-state index in [2.05, 4.69) is 20.7 Å². The van der Waals surface area contributed by atoms with Crippen LogP contribution < -0.4 is 16.1 Å². The van der Waals surface area contributed by atoms with Gasteiger partial charge in [-0.1, -0.05) is 54.6 Å². The number of phenols is 1. The number of rotatable bonds is 7. The van der Waals surface area contributed by atoms with Gasteiger partial charge in [0.05, 0.1) is 10.6 Å². The first-order chi connectivity index (χ1) is 18.5. The van der Waals surface area contributed by atoms with Crippen molar-refractivity contribution >= 4 is 52.1 Å². The van der Waals surface area contributed by atoms with Crippen LogP contribution in [0.2, 0.25) is 0 Å². The Labute approximate surface area is 224 Å². The summed E-state index contributed by atoms with van der Waals surface area (Å²) in [6.07, 6.45) is 1.56. The quantitative estimate of drug-likeness (QED) is 0.269. The van der Waals surface area contributed by atoms with Gasteiger partial charge in [0.25, 0.3) is 5.91 Å². The van der Waals surface area contributed by atoms with E-state index in [9.17, 15) is 9.90 Å². The largest absolute Gasteiger partial charge is 0.507 e. The van der Waals surface area contributed by atoms with Crippen LogP contribution in [0.15, 0.2) is 91.1 Å². The third kappa shape index (κ3) is 4.71. The van der Waals surface area contributed by atoms with Crippen molar-refractivity contribution in [1.82, 2.24) is 19.9 Å². The molecule has 0 bridgehead atoms. The molecule has 2 radical (unpaired) electrons. The first kappa shape index (κ1) is 23.8. The summed E-state index contributed by atoms with van der Waals surface area (Å²) in [6.45, 7) is 0.982. The highest BCUT2D eigenvalue weighted by atomic mass is 32.1. The van der Waals surface area contributed by atoms with Crippen LogP contribution in [-0.4, -0.2) is 33.5 Å². The lowest BCUT2D eigenvalue weighted by Crippen LogP contribution is -2.21. The van der Waals surface area contributed by atoms with Gasteiger partial charge in [0.15, 0.2) is 5.65 Å². The van der Waals surface area contributed by atoms with Gasteiger partial charge in [-0.15, -0.1) is 11.3 Å². The van der Waals surface area contributed by atoms with Crippen molar-refractivity contribution in [2.75, 3.05) is 5.32 Å². The fourth-order valence-electron chi connectivity index (χ4n) is 4.26. The van der Waals surface area contributed by atoms with Crippen molar-refractivity contribution in [3.63, 3.8) is 0 Å². The number of aromatic nitrogens is 3. The number of amides is 1. The minimum Gasteiger partial charge on any atom is -0.507 e. The Morgan fingerprint density at radius 1 is 0.947 bits per heavy atom. The Kier molecular flexibility index (Phi) is 6.27. The van der Waals surface area contributed by atoms with E-state index in [4.69, 9.17) is 7.85 Å². The van der Waals surface area contributed by atoms with E-state index in [0.717, 1.165) is 21.2 Å². The maximum atomic E-state index is 12.6. The number of hydrogen-bond donors (Lipinski definition) is 3. The van der Waals surface area contributed by atoms with Gasteiger partial charge < -0.3 is 15.7 Å². The predicted molar refractivity (Wildman–Crippen MR) is 152 cm³/mol. The number of phenolic OH excluding ortho intramolecular Hbond substituents is 1. The number of fused-ring (bicyclic) bond motifs is 2. The highest BCUT2D eigenvalue weighted by Gasteiger charge is 2.13. The van der Waals surface area contributed by atoms with E-state index in [0.29, 0.717) is 46.2 Å². The molecule has 0 saturated heterocycles. The summed E-state index contributed by atoms with van der Waals surface area (Å²) in [5, 5.41) is 22.2. The van der Waals surface area contributed by atoms with Crippen molar-refractivity contribution in [2.45, 2.75) is 13.1 Å². The van der Waals surface area contributed by atoms with Crippen LogP contribution in [0.3, 0.4) is 0 Å². The monoisotopic (exact) mass is 515 g/mol. The molecule has 3 heterocycles. The molecule has 3 aromatic carbocycles. The number of carbonyl (C=O) groups is 1. The molecule has 6 rings (SSSR count). The number of hydrogen-bond acceptors (Lipinski definition) is 6. The molecular formula is C29H22BN5O2S. The molecule has 9 heteroatoms. The van der Waals surface area contributed by atoms with E-state index in [1.54, 1.807) is 22.8 Å². The lowest BCUT2D eigenvalue weighted by molar-refractivity contribution is 0.0955. The van der Waals surface area contributed by atoms with Crippen LogP contribution in [0.25, 0.3) is 27.0 Å². The molecule has 0 aliphatic carbocycles. The fraction of sp³-hybridized carbons (Fsp3) is 0.0690. The molecule has 0 saturated carbocycles. The van der Waals surface area contributed by atoms with Gasteiger partial charge in [0.2, 0.25) is 0 Å². The van der Waals surface area contributed by atoms with E-state index < -0.39 is 0 Å². The summed E-state index contributed by atoms with van der Waals surface area (Å²) < 4.78 is 2.75. The van der Waals surface area contributed by atoms with E-state index >= 15 is 0 Å². The lowest BCUT2D eigenvalue weighted by Gasteiger charge is -2.12. The predicted octanol–water partition coefficient (Wildman–Crippen LogP) is 4.65. The van der Waals surface area contributed by atoms with Gasteiger partial charge in [-0.25, -0.2) is 4.98 Å². The van der Waals surface area contributed by atoms with Gasteiger partial charge in [-0.2, -0.15) is 9.61 Å². The Hall–Kier alpha value is -4.63. The maximum absolute atomic E-state index is 12.6. The molecule has 3 N–H and O–H groups in total.